The molecule has 1 fully saturated rings. The van der Waals surface area contributed by atoms with E-state index in [2.05, 4.69) is 15.9 Å². The number of carbonyl (C=O) groups is 3. The fraction of sp³-hybridized carbons (Fsp3) is 0.750. The van der Waals surface area contributed by atoms with Crippen molar-refractivity contribution in [3.05, 3.63) is 0 Å². The van der Waals surface area contributed by atoms with Crippen molar-refractivity contribution < 1.29 is 24.2 Å². The van der Waals surface area contributed by atoms with Crippen LogP contribution in [0.25, 0.3) is 0 Å². The lowest BCUT2D eigenvalue weighted by atomic mass is 10.2. The van der Waals surface area contributed by atoms with Crippen LogP contribution in [-0.4, -0.2) is 70.0 Å². The largest absolute Gasteiger partial charge is 0.366 e. The molecule has 1 saturated heterocycles. The lowest BCUT2D eigenvalue weighted by Crippen LogP contribution is -2.37. The molecular formula is C12H19BrN2O5. The second kappa shape index (κ2) is 6.64. The molecule has 114 valence electrons. The van der Waals surface area contributed by atoms with Gasteiger partial charge in [-0.1, -0.05) is 15.9 Å². The van der Waals surface area contributed by atoms with Gasteiger partial charge in [0.2, 0.25) is 0 Å². The zero-order chi connectivity index (χ0) is 15.5. The lowest BCUT2D eigenvalue weighted by Gasteiger charge is -2.24. The minimum Gasteiger partial charge on any atom is -0.366 e. The van der Waals surface area contributed by atoms with E-state index in [0.717, 1.165) is 4.90 Å². The fourth-order valence-electron chi connectivity index (χ4n) is 1.92. The monoisotopic (exact) mass is 350 g/mol. The minimum absolute atomic E-state index is 0.0744. The molecule has 1 aliphatic rings. The zero-order valence-electron chi connectivity index (χ0n) is 11.7. The minimum atomic E-state index is -1.44. The molecule has 8 heteroatoms. The highest BCUT2D eigenvalue weighted by molar-refractivity contribution is 9.09. The molecule has 3 amide bonds. The summed E-state index contributed by atoms with van der Waals surface area (Å²) < 4.78 is 5.11. The van der Waals surface area contributed by atoms with Crippen LogP contribution in [0.3, 0.4) is 0 Å². The van der Waals surface area contributed by atoms with Gasteiger partial charge >= 0.3 is 6.03 Å². The van der Waals surface area contributed by atoms with E-state index in [1.54, 1.807) is 7.05 Å². The highest BCUT2D eigenvalue weighted by Gasteiger charge is 2.42. The van der Waals surface area contributed by atoms with Gasteiger partial charge in [0.05, 0.1) is 0 Å². The lowest BCUT2D eigenvalue weighted by molar-refractivity contribution is -0.202. The van der Waals surface area contributed by atoms with E-state index >= 15 is 0 Å². The van der Waals surface area contributed by atoms with Crippen LogP contribution < -0.4 is 0 Å². The number of ether oxygens (including phenoxy) is 1. The topological polar surface area (TPSA) is 87.2 Å². The molecule has 0 spiro atoms. The molecule has 0 bridgehead atoms. The Bertz CT molecular complexity index is 396. The molecule has 0 aromatic rings. The van der Waals surface area contributed by atoms with Crippen molar-refractivity contribution in [3.63, 3.8) is 0 Å². The Morgan fingerprint density at radius 3 is 2.50 bits per heavy atom. The predicted octanol–water partition coefficient (Wildman–Crippen LogP) is 0.347. The number of nitrogens with zero attached hydrogens (tertiary/aromatic N) is 2. The summed E-state index contributed by atoms with van der Waals surface area (Å²) in [5, 5.41) is 9.86. The van der Waals surface area contributed by atoms with Gasteiger partial charge in [-0.15, -0.1) is 0 Å². The summed E-state index contributed by atoms with van der Waals surface area (Å²) in [5.74, 6) is -1.75. The van der Waals surface area contributed by atoms with Gasteiger partial charge in [0.25, 0.3) is 5.91 Å². The van der Waals surface area contributed by atoms with Gasteiger partial charge in [-0.2, -0.15) is 0 Å². The summed E-state index contributed by atoms with van der Waals surface area (Å²) in [5.41, 5.74) is 0. The van der Waals surface area contributed by atoms with Crippen molar-refractivity contribution in [3.8, 4) is 0 Å². The maximum Gasteiger partial charge on any atom is 0.327 e. The summed E-state index contributed by atoms with van der Waals surface area (Å²) in [7, 11) is 1.55. The molecule has 0 aromatic carbocycles. The maximum atomic E-state index is 12.0. The Hall–Kier alpha value is -0.990. The van der Waals surface area contributed by atoms with Crippen LogP contribution >= 0.6 is 15.9 Å². The molecule has 1 heterocycles. The van der Waals surface area contributed by atoms with E-state index in [4.69, 9.17) is 4.74 Å². The summed E-state index contributed by atoms with van der Waals surface area (Å²) in [6, 6.07) is -0.917. The third kappa shape index (κ3) is 4.00. The van der Waals surface area contributed by atoms with Gasteiger partial charge in [0.1, 0.15) is 18.4 Å². The molecule has 1 rings (SSSR count). The number of halogens is 1. The van der Waals surface area contributed by atoms with Crippen LogP contribution in [0.2, 0.25) is 0 Å². The third-order valence-corrected chi connectivity index (χ3v) is 3.54. The quantitative estimate of drug-likeness (QED) is 0.310. The molecular weight excluding hydrogens is 332 g/mol. The predicted molar refractivity (Wildman–Crippen MR) is 74.3 cm³/mol. The van der Waals surface area contributed by atoms with Crippen molar-refractivity contribution in [2.24, 2.45) is 0 Å². The van der Waals surface area contributed by atoms with Crippen LogP contribution in [0.15, 0.2) is 0 Å². The number of aldehydes is 1. The molecule has 0 radical (unpaired) electrons. The highest BCUT2D eigenvalue weighted by Crippen LogP contribution is 2.19. The number of alkyl halides is 1. The number of aliphatic hydroxyl groups is 1. The molecule has 1 aliphatic heterocycles. The molecule has 0 aromatic heterocycles. The molecule has 1 N–H and O–H groups in total. The molecule has 0 aliphatic carbocycles. The van der Waals surface area contributed by atoms with Crippen LogP contribution in [0.4, 0.5) is 4.79 Å². The van der Waals surface area contributed by atoms with Gasteiger partial charge in [0, 0.05) is 18.9 Å². The van der Waals surface area contributed by atoms with Crippen molar-refractivity contribution >= 4 is 34.2 Å². The zero-order valence-corrected chi connectivity index (χ0v) is 13.3. The van der Waals surface area contributed by atoms with E-state index < -0.39 is 24.0 Å². The van der Waals surface area contributed by atoms with Crippen molar-refractivity contribution in [1.29, 1.82) is 0 Å². The number of urea groups is 1. The van der Waals surface area contributed by atoms with Gasteiger partial charge in [0.15, 0.2) is 5.79 Å². The first-order chi connectivity index (χ1) is 9.21. The van der Waals surface area contributed by atoms with Gasteiger partial charge in [-0.05, 0) is 20.3 Å². The Labute approximate surface area is 126 Å². The highest BCUT2D eigenvalue weighted by atomic mass is 79.9. The Morgan fingerprint density at radius 2 is 2.10 bits per heavy atom. The molecule has 2 atom stereocenters. The second-order valence-corrected chi connectivity index (χ2v) is 5.73. The van der Waals surface area contributed by atoms with Crippen molar-refractivity contribution in [1.82, 2.24) is 9.80 Å². The standard InChI is InChI=1S/C12H19BrN2O5/c1-12(2,19)20-8(7-16)4-5-15-10(17)9(6-13)14(3)11(15)18/h7-9,19H,4-6H2,1-3H3/t8-,9+/m1/s1. The average molecular weight is 351 g/mol. The number of hydrogen-bond acceptors (Lipinski definition) is 5. The van der Waals surface area contributed by atoms with Crippen LogP contribution in [0.1, 0.15) is 20.3 Å². The number of imide groups is 1. The molecule has 20 heavy (non-hydrogen) atoms. The number of likely N-dealkylation sites (N-methyl/N-ethyl adjacent to an activating group) is 1. The normalized spacial score (nSPS) is 21.6. The van der Waals surface area contributed by atoms with E-state index in [-0.39, 0.29) is 18.9 Å². The SMILES string of the molecule is CN1C(=O)N(CC[C@H](C=O)OC(C)(C)O)C(=O)[C@@H]1CBr. The van der Waals surface area contributed by atoms with Crippen molar-refractivity contribution in [2.45, 2.75) is 38.2 Å². The smallest absolute Gasteiger partial charge is 0.327 e. The summed E-state index contributed by atoms with van der Waals surface area (Å²) >= 11 is 3.19. The van der Waals surface area contributed by atoms with E-state index in [1.807, 2.05) is 0 Å². The van der Waals surface area contributed by atoms with E-state index in [1.165, 1.54) is 18.7 Å². The third-order valence-electron chi connectivity index (χ3n) is 2.93. The molecule has 0 saturated carbocycles. The first-order valence-electron chi connectivity index (χ1n) is 6.21. The number of amides is 3. The maximum absolute atomic E-state index is 12.0. The summed E-state index contributed by atoms with van der Waals surface area (Å²) in [6.45, 7) is 2.89. The number of carbonyl (C=O) groups excluding carboxylic acids is 3. The number of rotatable bonds is 7. The second-order valence-electron chi connectivity index (χ2n) is 5.08. The average Bonchev–Trinajstić information content (AvgIpc) is 2.55. The van der Waals surface area contributed by atoms with E-state index in [0.29, 0.717) is 11.6 Å². The summed E-state index contributed by atoms with van der Waals surface area (Å²) in [4.78, 5) is 37.2. The van der Waals surface area contributed by atoms with E-state index in [9.17, 15) is 19.5 Å². The number of hydrogen-bond donors (Lipinski definition) is 1. The Morgan fingerprint density at radius 1 is 1.50 bits per heavy atom. The van der Waals surface area contributed by atoms with Gasteiger partial charge in [-0.25, -0.2) is 4.79 Å². The van der Waals surface area contributed by atoms with Crippen LogP contribution in [0.5, 0.6) is 0 Å². The first-order valence-corrected chi connectivity index (χ1v) is 7.33. The fourth-order valence-corrected chi connectivity index (χ4v) is 2.63. The van der Waals surface area contributed by atoms with Crippen LogP contribution in [0, 0.1) is 0 Å². The molecule has 0 unspecified atom stereocenters. The van der Waals surface area contributed by atoms with Gasteiger partial charge in [-0.3, -0.25) is 9.69 Å². The Balaban J connectivity index is 2.62. The summed E-state index contributed by atoms with van der Waals surface area (Å²) in [6.07, 6.45) is -0.174. The van der Waals surface area contributed by atoms with Crippen LogP contribution in [-0.2, 0) is 14.3 Å². The van der Waals surface area contributed by atoms with Gasteiger partial charge < -0.3 is 19.5 Å². The molecule has 7 nitrogen and oxygen atoms in total. The first kappa shape index (κ1) is 17.1. The van der Waals surface area contributed by atoms with Crippen molar-refractivity contribution in [2.75, 3.05) is 18.9 Å². The Kier molecular flexibility index (Phi) is 5.67.